The van der Waals surface area contributed by atoms with Crippen molar-refractivity contribution < 1.29 is 9.53 Å². The molecular formula is C10H11BrN2O2. The first kappa shape index (κ1) is 11.7. The van der Waals surface area contributed by atoms with Gasteiger partial charge in [-0.1, -0.05) is 0 Å². The highest BCUT2D eigenvalue weighted by Gasteiger charge is 2.10. The molecule has 15 heavy (non-hydrogen) atoms. The van der Waals surface area contributed by atoms with Crippen LogP contribution >= 0.6 is 15.9 Å². The zero-order chi connectivity index (χ0) is 11.4. The van der Waals surface area contributed by atoms with Gasteiger partial charge in [-0.05, 0) is 34.1 Å². The predicted octanol–water partition coefficient (Wildman–Crippen LogP) is 2.24. The van der Waals surface area contributed by atoms with Gasteiger partial charge in [0.1, 0.15) is 4.62 Å². The lowest BCUT2D eigenvalue weighted by Crippen LogP contribution is -2.05. The van der Waals surface area contributed by atoms with Crippen LogP contribution in [0, 0.1) is 5.41 Å². The Bertz CT molecular complexity index is 404. The molecule has 0 saturated carbocycles. The van der Waals surface area contributed by atoms with Gasteiger partial charge in [0.2, 0.25) is 0 Å². The van der Waals surface area contributed by atoms with Gasteiger partial charge in [0.05, 0.1) is 12.7 Å². The summed E-state index contributed by atoms with van der Waals surface area (Å²) in [6.45, 7) is 0. The van der Waals surface area contributed by atoms with E-state index in [9.17, 15) is 4.79 Å². The van der Waals surface area contributed by atoms with Crippen LogP contribution in [0.3, 0.4) is 0 Å². The molecule has 2 N–H and O–H groups in total. The molecule has 0 aliphatic rings. The van der Waals surface area contributed by atoms with Crippen LogP contribution in [0.25, 0.3) is 0 Å². The average molecular weight is 271 g/mol. The molecule has 0 aliphatic heterocycles. The monoisotopic (exact) mass is 270 g/mol. The molecule has 1 rings (SSSR count). The molecule has 1 aromatic rings. The summed E-state index contributed by atoms with van der Waals surface area (Å²) in [5.41, 5.74) is 1.83. The standard InChI is InChI=1S/C10H11BrN2O2/c1-13-8-4-3-6(10(14)15-2)5-7(8)9(11)12/h3-5,12-13H,1-2H3. The molecule has 0 spiro atoms. The summed E-state index contributed by atoms with van der Waals surface area (Å²) < 4.78 is 4.82. The van der Waals surface area contributed by atoms with Gasteiger partial charge in [0.25, 0.3) is 0 Å². The fraction of sp³-hybridized carbons (Fsp3) is 0.200. The fourth-order valence-electron chi connectivity index (χ4n) is 1.19. The molecule has 0 atom stereocenters. The highest BCUT2D eigenvalue weighted by atomic mass is 79.9. The smallest absolute Gasteiger partial charge is 0.337 e. The van der Waals surface area contributed by atoms with E-state index in [-0.39, 0.29) is 4.62 Å². The van der Waals surface area contributed by atoms with Gasteiger partial charge in [-0.15, -0.1) is 0 Å². The number of hydrogen-bond donors (Lipinski definition) is 2. The second-order valence-electron chi connectivity index (χ2n) is 2.82. The molecule has 0 fully saturated rings. The number of nitrogens with one attached hydrogen (secondary N) is 2. The maximum atomic E-state index is 11.3. The number of carbonyl (C=O) groups is 1. The topological polar surface area (TPSA) is 62.2 Å². The maximum Gasteiger partial charge on any atom is 0.337 e. The lowest BCUT2D eigenvalue weighted by atomic mass is 10.1. The minimum atomic E-state index is -0.410. The second kappa shape index (κ2) is 4.93. The Morgan fingerprint density at radius 1 is 1.53 bits per heavy atom. The molecule has 0 amide bonds. The van der Waals surface area contributed by atoms with Gasteiger partial charge < -0.3 is 10.1 Å². The van der Waals surface area contributed by atoms with E-state index in [0.717, 1.165) is 5.69 Å². The van der Waals surface area contributed by atoms with Crippen LogP contribution in [0.2, 0.25) is 0 Å². The molecule has 1 aromatic carbocycles. The van der Waals surface area contributed by atoms with Crippen LogP contribution in [-0.2, 0) is 4.74 Å². The van der Waals surface area contributed by atoms with Crippen molar-refractivity contribution in [3.8, 4) is 0 Å². The molecule has 4 nitrogen and oxygen atoms in total. The van der Waals surface area contributed by atoms with Crippen molar-refractivity contribution in [2.75, 3.05) is 19.5 Å². The zero-order valence-corrected chi connectivity index (χ0v) is 10.0. The summed E-state index contributed by atoms with van der Waals surface area (Å²) >= 11 is 3.07. The largest absolute Gasteiger partial charge is 0.465 e. The number of carbonyl (C=O) groups excluding carboxylic acids is 1. The summed E-state index contributed by atoms with van der Waals surface area (Å²) in [7, 11) is 3.08. The van der Waals surface area contributed by atoms with E-state index < -0.39 is 5.97 Å². The van der Waals surface area contributed by atoms with Crippen molar-refractivity contribution in [3.05, 3.63) is 29.3 Å². The van der Waals surface area contributed by atoms with Crippen molar-refractivity contribution in [2.45, 2.75) is 0 Å². The van der Waals surface area contributed by atoms with Gasteiger partial charge in [-0.25, -0.2) is 4.79 Å². The van der Waals surface area contributed by atoms with Crippen molar-refractivity contribution in [3.63, 3.8) is 0 Å². The number of methoxy groups -OCH3 is 1. The first-order valence-electron chi connectivity index (χ1n) is 4.24. The SMILES string of the molecule is CNc1ccc(C(=O)OC)cc1C(=N)Br. The highest BCUT2D eigenvalue weighted by molar-refractivity contribution is 9.18. The van der Waals surface area contributed by atoms with Crippen molar-refractivity contribution in [1.82, 2.24) is 0 Å². The molecule has 0 bridgehead atoms. The minimum absolute atomic E-state index is 0.220. The molecule has 0 radical (unpaired) electrons. The van der Waals surface area contributed by atoms with Crippen molar-refractivity contribution >= 4 is 32.2 Å². The number of esters is 1. The molecule has 0 heterocycles. The number of ether oxygens (including phenoxy) is 1. The van der Waals surface area contributed by atoms with Crippen LogP contribution in [0.1, 0.15) is 15.9 Å². The van der Waals surface area contributed by atoms with Crippen molar-refractivity contribution in [1.29, 1.82) is 5.41 Å². The number of anilines is 1. The third-order valence-electron chi connectivity index (χ3n) is 1.95. The Morgan fingerprint density at radius 3 is 2.67 bits per heavy atom. The van der Waals surface area contributed by atoms with Crippen LogP contribution in [0.4, 0.5) is 5.69 Å². The first-order chi connectivity index (χ1) is 7.10. The Balaban J connectivity index is 3.22. The lowest BCUT2D eigenvalue weighted by Gasteiger charge is -2.08. The van der Waals surface area contributed by atoms with E-state index in [1.54, 1.807) is 25.2 Å². The van der Waals surface area contributed by atoms with E-state index in [0.29, 0.717) is 11.1 Å². The number of hydrogen-bond acceptors (Lipinski definition) is 4. The van der Waals surface area contributed by atoms with E-state index in [1.807, 2.05) is 0 Å². The van der Waals surface area contributed by atoms with Gasteiger partial charge in [-0.2, -0.15) is 0 Å². The minimum Gasteiger partial charge on any atom is -0.465 e. The molecule has 0 saturated heterocycles. The van der Waals surface area contributed by atoms with E-state index in [4.69, 9.17) is 5.41 Å². The average Bonchev–Trinajstić information content (AvgIpc) is 2.27. The Hall–Kier alpha value is -1.36. The number of benzene rings is 1. The Kier molecular flexibility index (Phi) is 3.85. The normalized spacial score (nSPS) is 9.53. The van der Waals surface area contributed by atoms with Crippen molar-refractivity contribution in [2.24, 2.45) is 0 Å². The summed E-state index contributed by atoms with van der Waals surface area (Å²) in [6, 6.07) is 4.99. The summed E-state index contributed by atoms with van der Waals surface area (Å²) in [5, 5.41) is 10.4. The first-order valence-corrected chi connectivity index (χ1v) is 5.04. The molecule has 5 heteroatoms. The quantitative estimate of drug-likeness (QED) is 0.654. The van der Waals surface area contributed by atoms with E-state index in [1.165, 1.54) is 7.11 Å². The third-order valence-corrected chi connectivity index (χ3v) is 2.37. The zero-order valence-electron chi connectivity index (χ0n) is 8.43. The maximum absolute atomic E-state index is 11.3. The molecule has 0 aromatic heterocycles. The van der Waals surface area contributed by atoms with Gasteiger partial charge in [0.15, 0.2) is 0 Å². The molecule has 80 valence electrons. The highest BCUT2D eigenvalue weighted by Crippen LogP contribution is 2.20. The molecular weight excluding hydrogens is 260 g/mol. The van der Waals surface area contributed by atoms with Gasteiger partial charge in [-0.3, -0.25) is 5.41 Å². The van der Waals surface area contributed by atoms with Crippen LogP contribution in [-0.4, -0.2) is 24.7 Å². The Morgan fingerprint density at radius 2 is 2.20 bits per heavy atom. The van der Waals surface area contributed by atoms with Gasteiger partial charge >= 0.3 is 5.97 Å². The van der Waals surface area contributed by atoms with E-state index >= 15 is 0 Å². The second-order valence-corrected chi connectivity index (χ2v) is 3.61. The fourth-order valence-corrected chi connectivity index (χ4v) is 1.52. The number of halogens is 1. The predicted molar refractivity (Wildman–Crippen MR) is 63.1 cm³/mol. The third kappa shape index (κ3) is 2.56. The van der Waals surface area contributed by atoms with Crippen LogP contribution in [0.15, 0.2) is 18.2 Å². The summed E-state index contributed by atoms with van der Waals surface area (Å²) in [6.07, 6.45) is 0. The van der Waals surface area contributed by atoms with Crippen LogP contribution < -0.4 is 5.32 Å². The Labute approximate surface area is 96.3 Å². The lowest BCUT2D eigenvalue weighted by molar-refractivity contribution is 0.0601. The summed E-state index contributed by atoms with van der Waals surface area (Å²) in [5.74, 6) is -0.410. The molecule has 0 unspecified atom stereocenters. The van der Waals surface area contributed by atoms with E-state index in [2.05, 4.69) is 26.0 Å². The number of rotatable bonds is 3. The molecule has 0 aliphatic carbocycles. The summed E-state index contributed by atoms with van der Waals surface area (Å²) in [4.78, 5) is 11.3. The van der Waals surface area contributed by atoms with Crippen LogP contribution in [0.5, 0.6) is 0 Å². The van der Waals surface area contributed by atoms with Gasteiger partial charge in [0, 0.05) is 18.3 Å².